The number of hydrogen-bond donors (Lipinski definition) is 1. The van der Waals surface area contributed by atoms with Gasteiger partial charge in [0, 0.05) is 19.8 Å². The van der Waals surface area contributed by atoms with Gasteiger partial charge in [0.15, 0.2) is 0 Å². The van der Waals surface area contributed by atoms with Crippen LogP contribution in [0.3, 0.4) is 0 Å². The molecule has 0 aliphatic rings. The van der Waals surface area contributed by atoms with Crippen molar-refractivity contribution in [3.05, 3.63) is 0 Å². The van der Waals surface area contributed by atoms with E-state index in [1.165, 1.54) is 11.8 Å². The molecule has 1 unspecified atom stereocenters. The Hall–Kier alpha value is 0.200. The van der Waals surface area contributed by atoms with E-state index in [-0.39, 0.29) is 6.10 Å². The van der Waals surface area contributed by atoms with E-state index in [0.29, 0.717) is 5.75 Å². The van der Waals surface area contributed by atoms with Gasteiger partial charge < -0.3 is 10.0 Å². The Morgan fingerprint density at radius 3 is 2.50 bits per heavy atom. The normalized spacial score (nSPS) is 12.8. The van der Waals surface area contributed by atoms with E-state index in [4.69, 9.17) is 17.3 Å². The van der Waals surface area contributed by atoms with Crippen LogP contribution in [0.1, 0.15) is 6.92 Å². The molecule has 0 aromatic heterocycles. The predicted molar refractivity (Wildman–Crippen MR) is 50.4 cm³/mol. The van der Waals surface area contributed by atoms with Gasteiger partial charge in [0.2, 0.25) is 0 Å². The molecule has 60 valence electrons. The van der Waals surface area contributed by atoms with Crippen molar-refractivity contribution < 1.29 is 5.11 Å². The molecule has 0 aliphatic heterocycles. The highest BCUT2D eigenvalue weighted by Gasteiger charge is 2.01. The summed E-state index contributed by atoms with van der Waals surface area (Å²) < 4.78 is 0.820. The Bertz CT molecular complexity index is 114. The first kappa shape index (κ1) is 10.2. The standard InChI is InChI=1S/C6H13NOS2/c1-5(8)4-10-6(9)7(2)3/h5,8H,4H2,1-3H3. The van der Waals surface area contributed by atoms with Crippen molar-refractivity contribution in [1.29, 1.82) is 0 Å². The largest absolute Gasteiger partial charge is 0.393 e. The lowest BCUT2D eigenvalue weighted by molar-refractivity contribution is 0.220. The number of hydrogen-bond acceptors (Lipinski definition) is 3. The Kier molecular flexibility index (Phi) is 5.03. The van der Waals surface area contributed by atoms with Crippen LogP contribution in [0.5, 0.6) is 0 Å². The lowest BCUT2D eigenvalue weighted by Gasteiger charge is -2.12. The minimum absolute atomic E-state index is 0.275. The molecule has 1 atom stereocenters. The number of thiocarbonyl (C=S) groups is 1. The summed E-state index contributed by atoms with van der Waals surface area (Å²) in [4.78, 5) is 1.86. The lowest BCUT2D eigenvalue weighted by Crippen LogP contribution is -2.18. The molecule has 0 heterocycles. The minimum atomic E-state index is -0.275. The van der Waals surface area contributed by atoms with Crippen LogP contribution in [-0.4, -0.2) is 40.3 Å². The van der Waals surface area contributed by atoms with Gasteiger partial charge in [-0.25, -0.2) is 0 Å². The quantitative estimate of drug-likeness (QED) is 0.638. The smallest absolute Gasteiger partial charge is 0.135 e. The van der Waals surface area contributed by atoms with Gasteiger partial charge in [0.05, 0.1) is 6.10 Å². The van der Waals surface area contributed by atoms with E-state index in [1.54, 1.807) is 6.92 Å². The summed E-state index contributed by atoms with van der Waals surface area (Å²) in [7, 11) is 3.80. The zero-order chi connectivity index (χ0) is 8.15. The summed E-state index contributed by atoms with van der Waals surface area (Å²) in [5.74, 6) is 0.678. The van der Waals surface area contributed by atoms with E-state index in [9.17, 15) is 0 Å². The summed E-state index contributed by atoms with van der Waals surface area (Å²) in [5.41, 5.74) is 0. The van der Waals surface area contributed by atoms with Gasteiger partial charge in [-0.15, -0.1) is 0 Å². The highest BCUT2D eigenvalue weighted by molar-refractivity contribution is 8.22. The number of aliphatic hydroxyl groups is 1. The molecule has 0 radical (unpaired) electrons. The summed E-state index contributed by atoms with van der Waals surface area (Å²) in [6.45, 7) is 1.76. The summed E-state index contributed by atoms with van der Waals surface area (Å²) >= 11 is 6.47. The second kappa shape index (κ2) is 4.93. The molecule has 0 saturated heterocycles. The molecule has 0 rings (SSSR count). The van der Waals surface area contributed by atoms with Crippen molar-refractivity contribution in [1.82, 2.24) is 4.90 Å². The van der Waals surface area contributed by atoms with Gasteiger partial charge in [-0.1, -0.05) is 24.0 Å². The topological polar surface area (TPSA) is 23.5 Å². The second-order valence-electron chi connectivity index (χ2n) is 2.32. The van der Waals surface area contributed by atoms with Gasteiger partial charge >= 0.3 is 0 Å². The maximum atomic E-state index is 8.88. The van der Waals surface area contributed by atoms with Crippen molar-refractivity contribution >= 4 is 28.3 Å². The maximum Gasteiger partial charge on any atom is 0.135 e. The fourth-order valence-electron chi connectivity index (χ4n) is 0.321. The fraction of sp³-hybridized carbons (Fsp3) is 0.833. The molecule has 0 saturated carbocycles. The summed E-state index contributed by atoms with van der Waals surface area (Å²) in [6, 6.07) is 0. The highest BCUT2D eigenvalue weighted by atomic mass is 32.2. The molecule has 10 heavy (non-hydrogen) atoms. The Labute approximate surface area is 71.6 Å². The lowest BCUT2D eigenvalue weighted by atomic mass is 10.5. The summed E-state index contributed by atoms with van der Waals surface area (Å²) in [6.07, 6.45) is -0.275. The third-order valence-electron chi connectivity index (χ3n) is 0.813. The molecular weight excluding hydrogens is 166 g/mol. The number of nitrogens with zero attached hydrogens (tertiary/aromatic N) is 1. The molecule has 0 amide bonds. The van der Waals surface area contributed by atoms with Crippen molar-refractivity contribution in [2.45, 2.75) is 13.0 Å². The molecule has 4 heteroatoms. The van der Waals surface area contributed by atoms with E-state index in [0.717, 1.165) is 4.32 Å². The Morgan fingerprint density at radius 2 is 2.20 bits per heavy atom. The van der Waals surface area contributed by atoms with E-state index in [2.05, 4.69) is 0 Å². The van der Waals surface area contributed by atoms with Crippen molar-refractivity contribution in [2.24, 2.45) is 0 Å². The summed E-state index contributed by atoms with van der Waals surface area (Å²) in [5, 5.41) is 8.88. The van der Waals surface area contributed by atoms with Crippen molar-refractivity contribution in [2.75, 3.05) is 19.8 Å². The zero-order valence-corrected chi connectivity index (χ0v) is 8.13. The van der Waals surface area contributed by atoms with Crippen LogP contribution < -0.4 is 0 Å². The van der Waals surface area contributed by atoms with Crippen LogP contribution >= 0.6 is 24.0 Å². The highest BCUT2D eigenvalue weighted by Crippen LogP contribution is 2.07. The molecule has 0 aromatic carbocycles. The van der Waals surface area contributed by atoms with E-state index in [1.807, 2.05) is 19.0 Å². The average molecular weight is 179 g/mol. The van der Waals surface area contributed by atoms with Crippen LogP contribution in [0.25, 0.3) is 0 Å². The molecular formula is C6H13NOS2. The first-order valence-corrected chi connectivity index (χ1v) is 4.45. The van der Waals surface area contributed by atoms with Crippen LogP contribution in [0.4, 0.5) is 0 Å². The number of thioether (sulfide) groups is 1. The zero-order valence-electron chi connectivity index (χ0n) is 6.50. The van der Waals surface area contributed by atoms with Gasteiger partial charge in [0.1, 0.15) is 4.32 Å². The van der Waals surface area contributed by atoms with Crippen LogP contribution in [0, 0.1) is 0 Å². The molecule has 0 spiro atoms. The van der Waals surface area contributed by atoms with Crippen LogP contribution in [0.15, 0.2) is 0 Å². The minimum Gasteiger partial charge on any atom is -0.393 e. The van der Waals surface area contributed by atoms with Crippen LogP contribution in [-0.2, 0) is 0 Å². The first-order valence-electron chi connectivity index (χ1n) is 3.06. The predicted octanol–water partition coefficient (Wildman–Crippen LogP) is 0.947. The molecule has 2 nitrogen and oxygen atoms in total. The van der Waals surface area contributed by atoms with E-state index < -0.39 is 0 Å². The monoisotopic (exact) mass is 179 g/mol. The average Bonchev–Trinajstić information content (AvgIpc) is 1.82. The molecule has 1 N–H and O–H groups in total. The van der Waals surface area contributed by atoms with Gasteiger partial charge in [0.25, 0.3) is 0 Å². The van der Waals surface area contributed by atoms with Gasteiger partial charge in [-0.3, -0.25) is 0 Å². The van der Waals surface area contributed by atoms with E-state index >= 15 is 0 Å². The second-order valence-corrected chi connectivity index (χ2v) is 3.97. The fourth-order valence-corrected chi connectivity index (χ4v) is 1.17. The molecule has 0 aromatic rings. The first-order chi connectivity index (χ1) is 4.54. The third-order valence-corrected chi connectivity index (χ3v) is 2.79. The maximum absolute atomic E-state index is 8.88. The SMILES string of the molecule is CC(O)CSC(=S)N(C)C. The van der Waals surface area contributed by atoms with Crippen molar-refractivity contribution in [3.8, 4) is 0 Å². The van der Waals surface area contributed by atoms with Crippen molar-refractivity contribution in [3.63, 3.8) is 0 Å². The molecule has 0 aliphatic carbocycles. The van der Waals surface area contributed by atoms with Crippen LogP contribution in [0.2, 0.25) is 0 Å². The molecule has 0 bridgehead atoms. The van der Waals surface area contributed by atoms with Gasteiger partial charge in [-0.2, -0.15) is 0 Å². The third kappa shape index (κ3) is 5.02. The van der Waals surface area contributed by atoms with Gasteiger partial charge in [-0.05, 0) is 6.92 Å². The number of aliphatic hydroxyl groups excluding tert-OH is 1. The Morgan fingerprint density at radius 1 is 1.70 bits per heavy atom. The molecule has 0 fully saturated rings. The Balaban J connectivity index is 3.40. The number of rotatable bonds is 2.